The Labute approximate surface area is 154 Å². The third-order valence-electron chi connectivity index (χ3n) is 3.45. The minimum absolute atomic E-state index is 0.286. The van der Waals surface area contributed by atoms with Crippen molar-refractivity contribution in [2.75, 3.05) is 18.5 Å². The fourth-order valence-electron chi connectivity index (χ4n) is 2.14. The Morgan fingerprint density at radius 1 is 1.15 bits per heavy atom. The molecule has 0 aliphatic heterocycles. The highest BCUT2D eigenvalue weighted by Crippen LogP contribution is 2.22. The molecule has 0 unspecified atom stereocenters. The van der Waals surface area contributed by atoms with Gasteiger partial charge in [-0.3, -0.25) is 9.59 Å². The van der Waals surface area contributed by atoms with E-state index in [-0.39, 0.29) is 6.54 Å². The van der Waals surface area contributed by atoms with Gasteiger partial charge in [0.15, 0.2) is 6.61 Å². The van der Waals surface area contributed by atoms with Crippen LogP contribution in [-0.4, -0.2) is 30.9 Å². The minimum atomic E-state index is -0.586. The van der Waals surface area contributed by atoms with Crippen LogP contribution in [0.2, 0.25) is 0 Å². The third kappa shape index (κ3) is 5.66. The van der Waals surface area contributed by atoms with Crippen LogP contribution in [-0.2, 0) is 20.7 Å². The minimum Gasteiger partial charge on any atom is -0.451 e. The molecule has 6 nitrogen and oxygen atoms in total. The molecule has 0 aliphatic rings. The zero-order valence-electron chi connectivity index (χ0n) is 14.4. The number of halogens is 1. The zero-order valence-corrected chi connectivity index (χ0v) is 15.2. The number of carbonyl (C=O) groups is 3. The van der Waals surface area contributed by atoms with E-state index in [0.717, 1.165) is 16.9 Å². The van der Waals surface area contributed by atoms with E-state index in [1.807, 2.05) is 13.8 Å². The molecular weight excluding hydrogens is 359 g/mol. The molecule has 1 heterocycles. The van der Waals surface area contributed by atoms with Gasteiger partial charge >= 0.3 is 5.97 Å². The normalized spacial score (nSPS) is 10.3. The molecule has 2 aromatic rings. The Morgan fingerprint density at radius 3 is 2.46 bits per heavy atom. The molecule has 26 heavy (non-hydrogen) atoms. The average Bonchev–Trinajstić information content (AvgIpc) is 3.00. The second-order valence-electron chi connectivity index (χ2n) is 5.48. The first kappa shape index (κ1) is 19.6. The van der Waals surface area contributed by atoms with Gasteiger partial charge in [0, 0.05) is 10.6 Å². The van der Waals surface area contributed by atoms with E-state index < -0.39 is 30.2 Å². The summed E-state index contributed by atoms with van der Waals surface area (Å²) in [6.45, 7) is 3.16. The lowest BCUT2D eigenvalue weighted by atomic mass is 10.2. The van der Waals surface area contributed by atoms with Crippen molar-refractivity contribution in [3.05, 3.63) is 51.5 Å². The maximum atomic E-state index is 12.8. The van der Waals surface area contributed by atoms with Crippen molar-refractivity contribution in [1.29, 1.82) is 0 Å². The Hall–Kier alpha value is -2.74. The molecular formula is C18H19FN2O4S. The predicted octanol–water partition coefficient (Wildman–Crippen LogP) is 2.67. The van der Waals surface area contributed by atoms with Gasteiger partial charge in [0.2, 0.25) is 5.91 Å². The highest BCUT2D eigenvalue weighted by atomic mass is 32.1. The van der Waals surface area contributed by atoms with Crippen molar-refractivity contribution in [3.63, 3.8) is 0 Å². The molecule has 0 radical (unpaired) electrons. The number of ether oxygens (including phenoxy) is 1. The molecule has 2 rings (SSSR count). The number of amides is 2. The van der Waals surface area contributed by atoms with Gasteiger partial charge in [0.1, 0.15) is 10.7 Å². The lowest BCUT2D eigenvalue weighted by molar-refractivity contribution is -0.126. The van der Waals surface area contributed by atoms with Gasteiger partial charge in [-0.1, -0.05) is 6.92 Å². The molecule has 0 saturated carbocycles. The van der Waals surface area contributed by atoms with Crippen LogP contribution >= 0.6 is 11.3 Å². The topological polar surface area (TPSA) is 84.5 Å². The Bertz CT molecular complexity index is 802. The van der Waals surface area contributed by atoms with Crippen molar-refractivity contribution in [2.45, 2.75) is 20.3 Å². The lowest BCUT2D eigenvalue weighted by Gasteiger charge is -2.07. The zero-order chi connectivity index (χ0) is 19.1. The van der Waals surface area contributed by atoms with E-state index in [0.29, 0.717) is 10.6 Å². The molecule has 0 aliphatic carbocycles. The van der Waals surface area contributed by atoms with Crippen molar-refractivity contribution >= 4 is 34.8 Å². The van der Waals surface area contributed by atoms with Gasteiger partial charge < -0.3 is 15.4 Å². The van der Waals surface area contributed by atoms with Crippen LogP contribution < -0.4 is 10.6 Å². The van der Waals surface area contributed by atoms with Gasteiger partial charge in [-0.05, 0) is 49.2 Å². The molecule has 1 aromatic carbocycles. The first-order valence-corrected chi connectivity index (χ1v) is 8.79. The molecule has 2 N–H and O–H groups in total. The quantitative estimate of drug-likeness (QED) is 0.726. The fraction of sp³-hybridized carbons (Fsp3) is 0.278. The van der Waals surface area contributed by atoms with E-state index in [4.69, 9.17) is 4.74 Å². The highest BCUT2D eigenvalue weighted by molar-refractivity contribution is 7.14. The SMILES string of the molecule is CCc1sc(C(=O)OCC(=O)NCC(=O)Nc2ccc(F)cc2)cc1C. The summed E-state index contributed by atoms with van der Waals surface area (Å²) >= 11 is 1.34. The summed E-state index contributed by atoms with van der Waals surface area (Å²) < 4.78 is 17.7. The summed E-state index contributed by atoms with van der Waals surface area (Å²) in [6.07, 6.45) is 0.827. The summed E-state index contributed by atoms with van der Waals surface area (Å²) in [5, 5.41) is 4.85. The number of hydrogen-bond acceptors (Lipinski definition) is 5. The van der Waals surface area contributed by atoms with Gasteiger partial charge in [0.25, 0.3) is 5.91 Å². The van der Waals surface area contributed by atoms with Crippen LogP contribution in [0.4, 0.5) is 10.1 Å². The van der Waals surface area contributed by atoms with Crippen LogP contribution in [0.25, 0.3) is 0 Å². The van der Waals surface area contributed by atoms with Crippen molar-refractivity contribution < 1.29 is 23.5 Å². The second-order valence-corrected chi connectivity index (χ2v) is 6.62. The molecule has 0 bridgehead atoms. The van der Waals surface area contributed by atoms with Gasteiger partial charge in [0.05, 0.1) is 6.54 Å². The van der Waals surface area contributed by atoms with Gasteiger partial charge in [-0.15, -0.1) is 11.3 Å². The fourth-order valence-corrected chi connectivity index (χ4v) is 3.15. The summed E-state index contributed by atoms with van der Waals surface area (Å²) in [7, 11) is 0. The number of benzene rings is 1. The number of aryl methyl sites for hydroxylation is 2. The molecule has 8 heteroatoms. The standard InChI is InChI=1S/C18H19FN2O4S/c1-3-14-11(2)8-15(26-14)18(24)25-10-17(23)20-9-16(22)21-13-6-4-12(19)5-7-13/h4-8H,3,9-10H2,1-2H3,(H,20,23)(H,21,22). The number of esters is 1. The number of hydrogen-bond donors (Lipinski definition) is 2. The van der Waals surface area contributed by atoms with Crippen molar-refractivity contribution in [2.24, 2.45) is 0 Å². The smallest absolute Gasteiger partial charge is 0.348 e. The molecule has 1 aromatic heterocycles. The summed E-state index contributed by atoms with van der Waals surface area (Å²) in [5.41, 5.74) is 1.43. The number of carbonyl (C=O) groups excluding carboxylic acids is 3. The van der Waals surface area contributed by atoms with Gasteiger partial charge in [-0.25, -0.2) is 9.18 Å². The van der Waals surface area contributed by atoms with E-state index in [9.17, 15) is 18.8 Å². The monoisotopic (exact) mass is 378 g/mol. The first-order valence-electron chi connectivity index (χ1n) is 7.97. The number of nitrogens with one attached hydrogen (secondary N) is 2. The summed E-state index contributed by atoms with van der Waals surface area (Å²) in [5.74, 6) is -2.04. The van der Waals surface area contributed by atoms with Crippen LogP contribution in [0.5, 0.6) is 0 Å². The number of thiophene rings is 1. The average molecular weight is 378 g/mol. The first-order chi connectivity index (χ1) is 12.4. The summed E-state index contributed by atoms with van der Waals surface area (Å²) in [4.78, 5) is 36.9. The van der Waals surface area contributed by atoms with E-state index in [1.54, 1.807) is 6.07 Å². The summed E-state index contributed by atoms with van der Waals surface area (Å²) in [6, 6.07) is 6.97. The molecule has 0 fully saturated rings. The maximum absolute atomic E-state index is 12.8. The van der Waals surface area contributed by atoms with Crippen LogP contribution in [0, 0.1) is 12.7 Å². The lowest BCUT2D eigenvalue weighted by Crippen LogP contribution is -2.35. The predicted molar refractivity (Wildman–Crippen MR) is 96.8 cm³/mol. The van der Waals surface area contributed by atoms with Gasteiger partial charge in [-0.2, -0.15) is 0 Å². The van der Waals surface area contributed by atoms with Crippen molar-refractivity contribution in [3.8, 4) is 0 Å². The maximum Gasteiger partial charge on any atom is 0.348 e. The largest absolute Gasteiger partial charge is 0.451 e. The number of anilines is 1. The molecule has 0 spiro atoms. The van der Waals surface area contributed by atoms with E-state index in [2.05, 4.69) is 10.6 Å². The second kappa shape index (κ2) is 9.10. The van der Waals surface area contributed by atoms with Crippen LogP contribution in [0.3, 0.4) is 0 Å². The Balaban J connectivity index is 1.73. The molecule has 0 atom stereocenters. The molecule has 138 valence electrons. The van der Waals surface area contributed by atoms with E-state index in [1.165, 1.54) is 35.6 Å². The molecule has 2 amide bonds. The molecule has 0 saturated heterocycles. The van der Waals surface area contributed by atoms with E-state index >= 15 is 0 Å². The van der Waals surface area contributed by atoms with Crippen LogP contribution in [0.1, 0.15) is 27.0 Å². The van der Waals surface area contributed by atoms with Crippen LogP contribution in [0.15, 0.2) is 30.3 Å². The third-order valence-corrected chi connectivity index (χ3v) is 4.81. The highest BCUT2D eigenvalue weighted by Gasteiger charge is 2.15. The van der Waals surface area contributed by atoms with Crippen molar-refractivity contribution in [1.82, 2.24) is 5.32 Å². The Morgan fingerprint density at radius 2 is 1.85 bits per heavy atom. The number of rotatable bonds is 7. The Kier molecular flexibility index (Phi) is 6.85.